The zero-order chi connectivity index (χ0) is 18.7. The summed E-state index contributed by atoms with van der Waals surface area (Å²) < 4.78 is 32.6. The standard InChI is InChI=1S/C19H24N2O4S/c1-14-5-6-15(2)18(12-14)26(23,24)21-9-7-16(8-10-21)19(22)20-13-17-4-3-11-25-17/h3-6,11-12,16H,7-10,13H2,1-2H3,(H,20,22). The third kappa shape index (κ3) is 3.99. The molecule has 1 aromatic carbocycles. The fourth-order valence-electron chi connectivity index (χ4n) is 3.21. The molecule has 0 saturated carbocycles. The van der Waals surface area contributed by atoms with Crippen molar-refractivity contribution in [1.29, 1.82) is 0 Å². The van der Waals surface area contributed by atoms with Gasteiger partial charge in [-0.3, -0.25) is 4.79 Å². The first-order chi connectivity index (χ1) is 12.4. The van der Waals surface area contributed by atoms with Gasteiger partial charge in [-0.1, -0.05) is 12.1 Å². The van der Waals surface area contributed by atoms with Crippen molar-refractivity contribution in [3.05, 3.63) is 53.5 Å². The first-order valence-electron chi connectivity index (χ1n) is 8.75. The Morgan fingerprint density at radius 1 is 1.23 bits per heavy atom. The van der Waals surface area contributed by atoms with Gasteiger partial charge in [0.25, 0.3) is 0 Å². The number of hydrogen-bond donors (Lipinski definition) is 1. The number of amides is 1. The predicted octanol–water partition coefficient (Wildman–Crippen LogP) is 2.61. The van der Waals surface area contributed by atoms with Crippen LogP contribution in [0.2, 0.25) is 0 Å². The first kappa shape index (κ1) is 18.7. The Bertz CT molecular complexity index is 867. The Labute approximate surface area is 154 Å². The molecule has 6 nitrogen and oxygen atoms in total. The second-order valence-electron chi connectivity index (χ2n) is 6.74. The van der Waals surface area contributed by atoms with Crippen molar-refractivity contribution in [2.24, 2.45) is 5.92 Å². The maximum Gasteiger partial charge on any atom is 0.243 e. The lowest BCUT2D eigenvalue weighted by Gasteiger charge is -2.31. The summed E-state index contributed by atoms with van der Waals surface area (Å²) in [5, 5.41) is 2.86. The third-order valence-electron chi connectivity index (χ3n) is 4.80. The van der Waals surface area contributed by atoms with Crippen LogP contribution >= 0.6 is 0 Å². The summed E-state index contributed by atoms with van der Waals surface area (Å²) in [6, 6.07) is 9.03. The van der Waals surface area contributed by atoms with Crippen LogP contribution in [0.15, 0.2) is 45.9 Å². The zero-order valence-electron chi connectivity index (χ0n) is 15.1. The van der Waals surface area contributed by atoms with Gasteiger partial charge in [-0.05, 0) is 56.0 Å². The Balaban J connectivity index is 1.60. The molecule has 0 atom stereocenters. The van der Waals surface area contributed by atoms with Crippen LogP contribution in [0.1, 0.15) is 29.7 Å². The fourth-order valence-corrected chi connectivity index (χ4v) is 4.99. The van der Waals surface area contributed by atoms with Crippen LogP contribution in [0.5, 0.6) is 0 Å². The number of carbonyl (C=O) groups is 1. The predicted molar refractivity (Wildman–Crippen MR) is 98.0 cm³/mol. The van der Waals surface area contributed by atoms with Crippen molar-refractivity contribution < 1.29 is 17.6 Å². The molecule has 0 bridgehead atoms. The van der Waals surface area contributed by atoms with E-state index in [2.05, 4.69) is 5.32 Å². The number of nitrogens with one attached hydrogen (secondary N) is 1. The maximum absolute atomic E-state index is 12.9. The van der Waals surface area contributed by atoms with E-state index in [9.17, 15) is 13.2 Å². The second-order valence-corrected chi connectivity index (χ2v) is 8.65. The van der Waals surface area contributed by atoms with Crippen LogP contribution in [0, 0.1) is 19.8 Å². The van der Waals surface area contributed by atoms with Gasteiger partial charge < -0.3 is 9.73 Å². The zero-order valence-corrected chi connectivity index (χ0v) is 15.9. The molecule has 1 aliphatic rings. The minimum absolute atomic E-state index is 0.0508. The van der Waals surface area contributed by atoms with Gasteiger partial charge in [0, 0.05) is 19.0 Å². The van der Waals surface area contributed by atoms with E-state index in [1.165, 1.54) is 4.31 Å². The largest absolute Gasteiger partial charge is 0.467 e. The minimum atomic E-state index is -3.53. The van der Waals surface area contributed by atoms with Crippen molar-refractivity contribution in [3.8, 4) is 0 Å². The van der Waals surface area contributed by atoms with Gasteiger partial charge in [-0.2, -0.15) is 4.31 Å². The number of rotatable bonds is 5. The average molecular weight is 376 g/mol. The highest BCUT2D eigenvalue weighted by atomic mass is 32.2. The molecule has 0 spiro atoms. The van der Waals surface area contributed by atoms with E-state index in [-0.39, 0.29) is 11.8 Å². The number of aryl methyl sites for hydroxylation is 2. The molecule has 1 N–H and O–H groups in total. The highest BCUT2D eigenvalue weighted by Gasteiger charge is 2.32. The third-order valence-corrected chi connectivity index (χ3v) is 6.84. The van der Waals surface area contributed by atoms with Crippen molar-refractivity contribution in [2.45, 2.75) is 38.1 Å². The van der Waals surface area contributed by atoms with Crippen molar-refractivity contribution in [3.63, 3.8) is 0 Å². The van der Waals surface area contributed by atoms with Crippen LogP contribution in [0.3, 0.4) is 0 Å². The van der Waals surface area contributed by atoms with E-state index in [1.807, 2.05) is 19.1 Å². The molecular weight excluding hydrogens is 352 g/mol. The lowest BCUT2D eigenvalue weighted by atomic mass is 9.97. The van der Waals surface area contributed by atoms with E-state index in [0.29, 0.717) is 43.1 Å². The lowest BCUT2D eigenvalue weighted by Crippen LogP contribution is -2.43. The molecule has 26 heavy (non-hydrogen) atoms. The van der Waals surface area contributed by atoms with E-state index in [0.717, 1.165) is 11.1 Å². The van der Waals surface area contributed by atoms with Crippen LogP contribution in [0.4, 0.5) is 0 Å². The van der Waals surface area contributed by atoms with Gasteiger partial charge in [-0.25, -0.2) is 8.42 Å². The van der Waals surface area contributed by atoms with Gasteiger partial charge in [0.05, 0.1) is 17.7 Å². The Morgan fingerprint density at radius 3 is 2.62 bits per heavy atom. The Kier molecular flexibility index (Phi) is 5.48. The van der Waals surface area contributed by atoms with Gasteiger partial charge in [0.1, 0.15) is 5.76 Å². The van der Waals surface area contributed by atoms with E-state index >= 15 is 0 Å². The molecule has 0 aliphatic carbocycles. The molecule has 1 aliphatic heterocycles. The van der Waals surface area contributed by atoms with E-state index in [4.69, 9.17) is 4.42 Å². The average Bonchev–Trinajstić information content (AvgIpc) is 3.15. The summed E-state index contributed by atoms with van der Waals surface area (Å²) in [5.41, 5.74) is 1.66. The SMILES string of the molecule is Cc1ccc(C)c(S(=O)(=O)N2CCC(C(=O)NCc3ccco3)CC2)c1. The summed E-state index contributed by atoms with van der Waals surface area (Å²) >= 11 is 0. The van der Waals surface area contributed by atoms with Gasteiger partial charge in [0.15, 0.2) is 0 Å². The van der Waals surface area contributed by atoms with Crippen LogP contribution in [0.25, 0.3) is 0 Å². The summed E-state index contributed by atoms with van der Waals surface area (Å²) in [4.78, 5) is 12.7. The number of carbonyl (C=O) groups excluding carboxylic acids is 1. The molecule has 2 aromatic rings. The van der Waals surface area contributed by atoms with Crippen LogP contribution in [-0.4, -0.2) is 31.7 Å². The molecule has 1 saturated heterocycles. The van der Waals surface area contributed by atoms with Crippen molar-refractivity contribution in [1.82, 2.24) is 9.62 Å². The van der Waals surface area contributed by atoms with Crippen molar-refractivity contribution in [2.75, 3.05) is 13.1 Å². The molecule has 2 heterocycles. The Morgan fingerprint density at radius 2 is 1.96 bits per heavy atom. The molecule has 1 amide bonds. The highest BCUT2D eigenvalue weighted by molar-refractivity contribution is 7.89. The molecule has 1 aromatic heterocycles. The van der Waals surface area contributed by atoms with E-state index < -0.39 is 10.0 Å². The molecule has 3 rings (SSSR count). The topological polar surface area (TPSA) is 79.6 Å². The molecular formula is C19H24N2O4S. The van der Waals surface area contributed by atoms with Crippen LogP contribution in [-0.2, 0) is 21.4 Å². The lowest BCUT2D eigenvalue weighted by molar-refractivity contribution is -0.126. The number of nitrogens with zero attached hydrogens (tertiary/aromatic N) is 1. The Hall–Kier alpha value is -2.12. The monoisotopic (exact) mass is 376 g/mol. The first-order valence-corrected chi connectivity index (χ1v) is 10.2. The number of piperidine rings is 1. The normalized spacial score (nSPS) is 16.5. The van der Waals surface area contributed by atoms with Gasteiger partial charge in [0.2, 0.25) is 15.9 Å². The van der Waals surface area contributed by atoms with E-state index in [1.54, 1.807) is 31.4 Å². The van der Waals surface area contributed by atoms with Gasteiger partial charge in [-0.15, -0.1) is 0 Å². The van der Waals surface area contributed by atoms with Crippen molar-refractivity contribution >= 4 is 15.9 Å². The maximum atomic E-state index is 12.9. The summed E-state index contributed by atoms with van der Waals surface area (Å²) in [5.74, 6) is 0.480. The molecule has 1 fully saturated rings. The minimum Gasteiger partial charge on any atom is -0.467 e. The molecule has 0 unspecified atom stereocenters. The van der Waals surface area contributed by atoms with Crippen LogP contribution < -0.4 is 5.32 Å². The fraction of sp³-hybridized carbons (Fsp3) is 0.421. The smallest absolute Gasteiger partial charge is 0.243 e. The summed E-state index contributed by atoms with van der Waals surface area (Å²) in [7, 11) is -3.53. The number of furan rings is 1. The quantitative estimate of drug-likeness (QED) is 0.870. The molecule has 140 valence electrons. The van der Waals surface area contributed by atoms with Gasteiger partial charge >= 0.3 is 0 Å². The summed E-state index contributed by atoms with van der Waals surface area (Å²) in [6.07, 6.45) is 2.61. The number of hydrogen-bond acceptors (Lipinski definition) is 4. The second kappa shape index (κ2) is 7.63. The number of benzene rings is 1. The molecule has 7 heteroatoms. The number of sulfonamides is 1. The highest BCUT2D eigenvalue weighted by Crippen LogP contribution is 2.26. The molecule has 0 radical (unpaired) electrons. The summed E-state index contributed by atoms with van der Waals surface area (Å²) in [6.45, 7) is 4.76.